The number of nitrogens with zero attached hydrogens (tertiary/aromatic N) is 2. The largest absolute Gasteiger partial charge is 0.462 e. The molecule has 8 heteroatoms. The molecule has 0 aliphatic carbocycles. The summed E-state index contributed by atoms with van der Waals surface area (Å²) in [5, 5.41) is 0.360. The molecule has 0 spiro atoms. The van der Waals surface area contributed by atoms with Crippen molar-refractivity contribution in [2.75, 3.05) is 13.2 Å². The van der Waals surface area contributed by atoms with E-state index in [1.807, 2.05) is 0 Å². The molecule has 0 fully saturated rings. The molecule has 0 saturated heterocycles. The maximum Gasteiger partial charge on any atom is 0.376 e. The second-order valence-corrected chi connectivity index (χ2v) is 5.24. The number of hydrogen-bond donors (Lipinski definition) is 0. The van der Waals surface area contributed by atoms with E-state index in [0.29, 0.717) is 15.5 Å². The smallest absolute Gasteiger partial charge is 0.376 e. The first-order valence-electron chi connectivity index (χ1n) is 6.43. The Labute approximate surface area is 125 Å². The Morgan fingerprint density at radius 2 is 1.76 bits per heavy atom. The lowest BCUT2D eigenvalue weighted by Crippen LogP contribution is -2.29. The topological polar surface area (TPSA) is 94.4 Å². The standard InChI is InChI=1S/C13H14N2O5S/c1-4-19-12(17)8-6(3)7-10(16)14-9(13(18)20-5-2)15-11(7)21-8/h7H,4-5H2,1-3H3. The van der Waals surface area contributed by atoms with Crippen molar-refractivity contribution in [3.8, 4) is 0 Å². The van der Waals surface area contributed by atoms with Crippen LogP contribution in [0.2, 0.25) is 0 Å². The van der Waals surface area contributed by atoms with E-state index in [0.717, 1.165) is 11.8 Å². The molecule has 0 radical (unpaired) electrons. The fourth-order valence-electron chi connectivity index (χ4n) is 1.92. The van der Waals surface area contributed by atoms with Crippen LogP contribution < -0.4 is 0 Å². The van der Waals surface area contributed by atoms with Gasteiger partial charge < -0.3 is 9.47 Å². The van der Waals surface area contributed by atoms with Gasteiger partial charge in [-0.1, -0.05) is 11.8 Å². The van der Waals surface area contributed by atoms with Gasteiger partial charge in [-0.3, -0.25) is 4.79 Å². The number of ether oxygens (including phenoxy) is 2. The zero-order valence-corrected chi connectivity index (χ0v) is 12.7. The molecule has 1 atom stereocenters. The van der Waals surface area contributed by atoms with Crippen molar-refractivity contribution in [2.45, 2.75) is 20.8 Å². The van der Waals surface area contributed by atoms with Crippen molar-refractivity contribution in [3.63, 3.8) is 0 Å². The van der Waals surface area contributed by atoms with Gasteiger partial charge >= 0.3 is 11.9 Å². The summed E-state index contributed by atoms with van der Waals surface area (Å²) in [5.41, 5.74) is 0.550. The molecule has 0 aromatic rings. The third-order valence-corrected chi connectivity index (χ3v) is 4.07. The molecular weight excluding hydrogens is 296 g/mol. The Balaban J connectivity index is 2.27. The van der Waals surface area contributed by atoms with Crippen LogP contribution in [0, 0.1) is 5.92 Å². The third kappa shape index (κ3) is 2.90. The summed E-state index contributed by atoms with van der Waals surface area (Å²) in [7, 11) is 0. The lowest BCUT2D eigenvalue weighted by Gasteiger charge is -2.13. The van der Waals surface area contributed by atoms with E-state index >= 15 is 0 Å². The van der Waals surface area contributed by atoms with Crippen molar-refractivity contribution >= 4 is 40.5 Å². The molecule has 0 aromatic carbocycles. The first-order chi connectivity index (χ1) is 9.99. The zero-order chi connectivity index (χ0) is 15.6. The van der Waals surface area contributed by atoms with Gasteiger partial charge in [-0.05, 0) is 26.3 Å². The second-order valence-electron chi connectivity index (χ2n) is 4.21. The fourth-order valence-corrected chi connectivity index (χ4v) is 3.08. The van der Waals surface area contributed by atoms with Crippen molar-refractivity contribution in [3.05, 3.63) is 10.5 Å². The summed E-state index contributed by atoms with van der Waals surface area (Å²) in [6.45, 7) is 5.42. The van der Waals surface area contributed by atoms with Gasteiger partial charge in [0.15, 0.2) is 0 Å². The Morgan fingerprint density at radius 1 is 1.14 bits per heavy atom. The molecule has 2 heterocycles. The third-order valence-electron chi connectivity index (χ3n) is 2.84. The van der Waals surface area contributed by atoms with Crippen molar-refractivity contribution in [2.24, 2.45) is 15.9 Å². The molecule has 7 nitrogen and oxygen atoms in total. The number of amides is 1. The summed E-state index contributed by atoms with van der Waals surface area (Å²) in [4.78, 5) is 43.5. The number of thioether (sulfide) groups is 1. The average molecular weight is 310 g/mol. The predicted octanol–water partition coefficient (Wildman–Crippen LogP) is 1.09. The van der Waals surface area contributed by atoms with Gasteiger partial charge in [-0.25, -0.2) is 14.6 Å². The molecule has 2 aliphatic rings. The van der Waals surface area contributed by atoms with Gasteiger partial charge in [0.05, 0.1) is 23.2 Å². The highest BCUT2D eigenvalue weighted by molar-refractivity contribution is 8.18. The van der Waals surface area contributed by atoms with E-state index in [4.69, 9.17) is 9.47 Å². The van der Waals surface area contributed by atoms with E-state index in [9.17, 15) is 14.4 Å². The Bertz CT molecular complexity index is 606. The molecule has 2 rings (SSSR count). The van der Waals surface area contributed by atoms with Gasteiger partial charge in [0, 0.05) is 0 Å². The molecule has 0 N–H and O–H groups in total. The van der Waals surface area contributed by atoms with E-state index in [1.54, 1.807) is 20.8 Å². The van der Waals surface area contributed by atoms with Crippen LogP contribution in [-0.4, -0.2) is 41.9 Å². The first-order valence-corrected chi connectivity index (χ1v) is 7.25. The summed E-state index contributed by atoms with van der Waals surface area (Å²) in [6, 6.07) is 0. The van der Waals surface area contributed by atoms with Crippen LogP contribution in [0.4, 0.5) is 0 Å². The summed E-state index contributed by atoms with van der Waals surface area (Å²) < 4.78 is 9.71. The normalized spacial score (nSPS) is 20.7. The quantitative estimate of drug-likeness (QED) is 0.721. The van der Waals surface area contributed by atoms with E-state index < -0.39 is 23.8 Å². The summed E-state index contributed by atoms with van der Waals surface area (Å²) in [5.74, 6) is -2.75. The molecule has 0 aromatic heterocycles. The Morgan fingerprint density at radius 3 is 2.38 bits per heavy atom. The molecular formula is C13H14N2O5S. The van der Waals surface area contributed by atoms with E-state index in [2.05, 4.69) is 9.98 Å². The monoisotopic (exact) mass is 310 g/mol. The zero-order valence-electron chi connectivity index (χ0n) is 11.8. The van der Waals surface area contributed by atoms with Gasteiger partial charge in [0.1, 0.15) is 5.92 Å². The van der Waals surface area contributed by atoms with E-state index in [-0.39, 0.29) is 19.0 Å². The number of rotatable bonds is 4. The molecule has 0 bridgehead atoms. The SMILES string of the molecule is CCOC(=O)C1=NC(=O)C2C(=N1)SC(C(=O)OCC)=C2C. The van der Waals surface area contributed by atoms with Crippen LogP contribution in [0.15, 0.2) is 20.5 Å². The first kappa shape index (κ1) is 15.4. The fraction of sp³-hybridized carbons (Fsp3) is 0.462. The highest BCUT2D eigenvalue weighted by Crippen LogP contribution is 2.41. The minimum absolute atomic E-state index is 0.165. The van der Waals surface area contributed by atoms with Crippen molar-refractivity contribution in [1.82, 2.24) is 0 Å². The molecule has 1 unspecified atom stereocenters. The maximum absolute atomic E-state index is 12.1. The number of hydrogen-bond acceptors (Lipinski definition) is 7. The number of aliphatic imine (C=N–C) groups is 2. The second kappa shape index (κ2) is 6.21. The number of carbonyl (C=O) groups excluding carboxylic acids is 3. The summed E-state index contributed by atoms with van der Waals surface area (Å²) >= 11 is 1.04. The van der Waals surface area contributed by atoms with Crippen molar-refractivity contribution < 1.29 is 23.9 Å². The highest BCUT2D eigenvalue weighted by atomic mass is 32.2. The maximum atomic E-state index is 12.1. The lowest BCUT2D eigenvalue weighted by molar-refractivity contribution is -0.138. The van der Waals surface area contributed by atoms with Crippen LogP contribution >= 0.6 is 11.8 Å². The van der Waals surface area contributed by atoms with Crippen molar-refractivity contribution in [1.29, 1.82) is 0 Å². The molecule has 2 aliphatic heterocycles. The van der Waals surface area contributed by atoms with Crippen LogP contribution in [0.25, 0.3) is 0 Å². The predicted molar refractivity (Wildman–Crippen MR) is 76.9 cm³/mol. The summed E-state index contributed by atoms with van der Waals surface area (Å²) in [6.07, 6.45) is 0. The number of fused-ring (bicyclic) bond motifs is 1. The lowest BCUT2D eigenvalue weighted by atomic mass is 10.00. The Hall–Kier alpha value is -1.96. The molecule has 21 heavy (non-hydrogen) atoms. The van der Waals surface area contributed by atoms with Gasteiger partial charge in [-0.15, -0.1) is 0 Å². The highest BCUT2D eigenvalue weighted by Gasteiger charge is 2.41. The van der Waals surface area contributed by atoms with Crippen LogP contribution in [0.3, 0.4) is 0 Å². The van der Waals surface area contributed by atoms with Crippen LogP contribution in [0.1, 0.15) is 20.8 Å². The van der Waals surface area contributed by atoms with Crippen LogP contribution in [-0.2, 0) is 23.9 Å². The van der Waals surface area contributed by atoms with E-state index in [1.165, 1.54) is 0 Å². The number of amidine groups is 1. The minimum atomic E-state index is -0.750. The minimum Gasteiger partial charge on any atom is -0.462 e. The van der Waals surface area contributed by atoms with Gasteiger partial charge in [0.2, 0.25) is 5.84 Å². The number of carbonyl (C=O) groups is 3. The molecule has 1 amide bonds. The van der Waals surface area contributed by atoms with Gasteiger partial charge in [-0.2, -0.15) is 4.99 Å². The van der Waals surface area contributed by atoms with Crippen LogP contribution in [0.5, 0.6) is 0 Å². The molecule has 0 saturated carbocycles. The Kier molecular flexibility index (Phi) is 4.56. The van der Waals surface area contributed by atoms with Gasteiger partial charge in [0.25, 0.3) is 5.91 Å². The average Bonchev–Trinajstić information content (AvgIpc) is 2.77. The number of esters is 2. The molecule has 112 valence electrons.